The van der Waals surface area contributed by atoms with E-state index < -0.39 is 0 Å². The monoisotopic (exact) mass is 474 g/mol. The minimum atomic E-state index is -0.00000588. The van der Waals surface area contributed by atoms with Gasteiger partial charge in [0, 0.05) is 48.6 Å². The standard InChI is InChI=1S/C29H26N6O/c36-27(33-18-9-12-24(20-33)29-31-30-26-15-7-8-19-34(26)29)17-16-23-21-35(25-13-5-2-6-14-25)32-28(23)22-10-3-1-4-11-22/h1-8,10-11,13-17,19,21,24H,9,12,18,20H2/b17-16+. The Morgan fingerprint density at radius 1 is 0.917 bits per heavy atom. The molecule has 1 aliphatic heterocycles. The molecule has 4 heterocycles. The number of fused-ring (bicyclic) bond motifs is 1. The van der Waals surface area contributed by atoms with Gasteiger partial charge >= 0.3 is 0 Å². The summed E-state index contributed by atoms with van der Waals surface area (Å²) >= 11 is 0. The minimum Gasteiger partial charge on any atom is -0.338 e. The smallest absolute Gasteiger partial charge is 0.246 e. The molecule has 36 heavy (non-hydrogen) atoms. The van der Waals surface area contributed by atoms with Crippen molar-refractivity contribution < 1.29 is 4.79 Å². The summed E-state index contributed by atoms with van der Waals surface area (Å²) in [7, 11) is 0. The second-order valence-electron chi connectivity index (χ2n) is 9.02. The number of carbonyl (C=O) groups is 1. The van der Waals surface area contributed by atoms with E-state index in [4.69, 9.17) is 5.10 Å². The number of hydrogen-bond acceptors (Lipinski definition) is 4. The summed E-state index contributed by atoms with van der Waals surface area (Å²) in [6, 6.07) is 25.9. The van der Waals surface area contributed by atoms with Gasteiger partial charge in [-0.15, -0.1) is 10.2 Å². The van der Waals surface area contributed by atoms with Gasteiger partial charge in [-0.05, 0) is 43.2 Å². The SMILES string of the molecule is O=C(/C=C/c1cn(-c2ccccc2)nc1-c1ccccc1)N1CCCC(c2nnc3ccccn23)C1. The number of rotatable bonds is 5. The maximum absolute atomic E-state index is 13.2. The third-order valence-electron chi connectivity index (χ3n) is 6.65. The van der Waals surface area contributed by atoms with E-state index in [1.54, 1.807) is 6.08 Å². The van der Waals surface area contributed by atoms with Gasteiger partial charge in [0.2, 0.25) is 5.91 Å². The van der Waals surface area contributed by atoms with Crippen LogP contribution < -0.4 is 0 Å². The van der Waals surface area contributed by atoms with Crippen molar-refractivity contribution in [2.24, 2.45) is 0 Å². The van der Waals surface area contributed by atoms with Crippen LogP contribution in [-0.2, 0) is 4.79 Å². The lowest BCUT2D eigenvalue weighted by Gasteiger charge is -2.31. The van der Waals surface area contributed by atoms with Gasteiger partial charge in [-0.2, -0.15) is 5.10 Å². The zero-order valence-electron chi connectivity index (χ0n) is 19.8. The van der Waals surface area contributed by atoms with Crippen molar-refractivity contribution in [2.75, 3.05) is 13.1 Å². The second-order valence-corrected chi connectivity index (χ2v) is 9.02. The first-order valence-corrected chi connectivity index (χ1v) is 12.2. The third-order valence-corrected chi connectivity index (χ3v) is 6.65. The highest BCUT2D eigenvalue weighted by atomic mass is 16.2. The fraction of sp³-hybridized carbons (Fsp3) is 0.172. The maximum Gasteiger partial charge on any atom is 0.246 e. The van der Waals surface area contributed by atoms with Crippen LogP contribution in [0.25, 0.3) is 28.7 Å². The van der Waals surface area contributed by atoms with Crippen LogP contribution in [0.3, 0.4) is 0 Å². The number of hydrogen-bond donors (Lipinski definition) is 0. The molecule has 1 unspecified atom stereocenters. The Labute approximate surface area is 209 Å². The highest BCUT2D eigenvalue weighted by molar-refractivity contribution is 5.93. The minimum absolute atomic E-state index is 0.00000588. The fourth-order valence-corrected chi connectivity index (χ4v) is 4.84. The Bertz CT molecular complexity index is 1520. The van der Waals surface area contributed by atoms with Crippen molar-refractivity contribution in [3.8, 4) is 16.9 Å². The van der Waals surface area contributed by atoms with Gasteiger partial charge in [0.05, 0.1) is 11.4 Å². The number of amides is 1. The first-order valence-electron chi connectivity index (χ1n) is 12.2. The van der Waals surface area contributed by atoms with Crippen LogP contribution in [0, 0.1) is 0 Å². The predicted octanol–water partition coefficient (Wildman–Crippen LogP) is 5.00. The molecular formula is C29H26N6O. The number of aromatic nitrogens is 5. The van der Waals surface area contributed by atoms with Crippen molar-refractivity contribution in [1.29, 1.82) is 0 Å². The molecule has 3 aromatic heterocycles. The van der Waals surface area contributed by atoms with Gasteiger partial charge in [-0.3, -0.25) is 9.20 Å². The molecule has 0 aliphatic carbocycles. The lowest BCUT2D eigenvalue weighted by Crippen LogP contribution is -2.38. The molecule has 0 radical (unpaired) electrons. The van der Waals surface area contributed by atoms with Crippen molar-refractivity contribution in [3.05, 3.63) is 109 Å². The van der Waals surface area contributed by atoms with E-state index in [2.05, 4.69) is 10.2 Å². The van der Waals surface area contributed by atoms with Crippen LogP contribution in [0.15, 0.2) is 97.3 Å². The fourth-order valence-electron chi connectivity index (χ4n) is 4.84. The van der Waals surface area contributed by atoms with Crippen molar-refractivity contribution in [3.63, 3.8) is 0 Å². The van der Waals surface area contributed by atoms with Gasteiger partial charge in [0.15, 0.2) is 5.65 Å². The number of piperidine rings is 1. The summed E-state index contributed by atoms with van der Waals surface area (Å²) < 4.78 is 3.89. The Hall–Kier alpha value is -4.52. The number of pyridine rings is 1. The normalized spacial score (nSPS) is 16.1. The Morgan fingerprint density at radius 2 is 1.69 bits per heavy atom. The largest absolute Gasteiger partial charge is 0.338 e. The van der Waals surface area contributed by atoms with E-state index in [0.29, 0.717) is 6.54 Å². The molecule has 178 valence electrons. The number of para-hydroxylation sites is 1. The molecule has 1 amide bonds. The summed E-state index contributed by atoms with van der Waals surface area (Å²) in [5.74, 6) is 1.08. The summed E-state index contributed by atoms with van der Waals surface area (Å²) in [6.45, 7) is 1.37. The van der Waals surface area contributed by atoms with Gasteiger partial charge in [0.1, 0.15) is 5.82 Å². The van der Waals surface area contributed by atoms with Gasteiger partial charge < -0.3 is 4.90 Å². The summed E-state index contributed by atoms with van der Waals surface area (Å²) in [6.07, 6.45) is 9.44. The van der Waals surface area contributed by atoms with Gasteiger partial charge in [-0.1, -0.05) is 54.6 Å². The summed E-state index contributed by atoms with van der Waals surface area (Å²) in [5, 5.41) is 13.6. The number of benzene rings is 2. The van der Waals surface area contributed by atoms with Gasteiger partial charge in [-0.25, -0.2) is 4.68 Å². The van der Waals surface area contributed by atoms with Gasteiger partial charge in [0.25, 0.3) is 0 Å². The van der Waals surface area contributed by atoms with Crippen LogP contribution in [0.1, 0.15) is 30.1 Å². The van der Waals surface area contributed by atoms with Crippen LogP contribution >= 0.6 is 0 Å². The maximum atomic E-state index is 13.2. The topological polar surface area (TPSA) is 68.3 Å². The van der Waals surface area contributed by atoms with E-state index in [1.807, 2.05) is 111 Å². The lowest BCUT2D eigenvalue weighted by molar-refractivity contribution is -0.127. The van der Waals surface area contributed by atoms with E-state index in [1.165, 1.54) is 0 Å². The van der Waals surface area contributed by atoms with E-state index in [-0.39, 0.29) is 11.8 Å². The molecule has 0 spiro atoms. The van der Waals surface area contributed by atoms with E-state index in [0.717, 1.165) is 53.4 Å². The predicted molar refractivity (Wildman–Crippen MR) is 140 cm³/mol. The number of likely N-dealkylation sites (tertiary alicyclic amines) is 1. The summed E-state index contributed by atoms with van der Waals surface area (Å²) in [5.41, 5.74) is 4.56. The molecule has 7 nitrogen and oxygen atoms in total. The third kappa shape index (κ3) is 4.31. The molecule has 1 aliphatic rings. The van der Waals surface area contributed by atoms with Crippen molar-refractivity contribution in [1.82, 2.24) is 29.3 Å². The molecule has 7 heteroatoms. The van der Waals surface area contributed by atoms with Crippen molar-refractivity contribution >= 4 is 17.6 Å². The first kappa shape index (κ1) is 22.0. The average Bonchev–Trinajstić information content (AvgIpc) is 3.58. The molecule has 1 atom stereocenters. The molecular weight excluding hydrogens is 448 g/mol. The lowest BCUT2D eigenvalue weighted by atomic mass is 9.97. The Balaban J connectivity index is 1.25. The molecule has 6 rings (SSSR count). The van der Waals surface area contributed by atoms with Crippen LogP contribution in [0.4, 0.5) is 0 Å². The molecule has 0 N–H and O–H groups in total. The second kappa shape index (κ2) is 9.62. The number of nitrogens with zero attached hydrogens (tertiary/aromatic N) is 6. The van der Waals surface area contributed by atoms with E-state index in [9.17, 15) is 4.79 Å². The van der Waals surface area contributed by atoms with Crippen LogP contribution in [0.2, 0.25) is 0 Å². The Morgan fingerprint density at radius 3 is 2.53 bits per heavy atom. The molecule has 1 fully saturated rings. The first-order chi connectivity index (χ1) is 17.8. The van der Waals surface area contributed by atoms with Crippen LogP contribution in [0.5, 0.6) is 0 Å². The van der Waals surface area contributed by atoms with Crippen molar-refractivity contribution in [2.45, 2.75) is 18.8 Å². The summed E-state index contributed by atoms with van der Waals surface area (Å²) in [4.78, 5) is 15.2. The highest BCUT2D eigenvalue weighted by Gasteiger charge is 2.27. The quantitative estimate of drug-likeness (QED) is 0.336. The zero-order valence-corrected chi connectivity index (χ0v) is 19.8. The average molecular weight is 475 g/mol. The Kier molecular flexibility index (Phi) is 5.87. The number of carbonyl (C=O) groups excluding carboxylic acids is 1. The molecule has 5 aromatic rings. The highest BCUT2D eigenvalue weighted by Crippen LogP contribution is 2.27. The molecule has 1 saturated heterocycles. The molecule has 0 saturated carbocycles. The zero-order chi connectivity index (χ0) is 24.3. The molecule has 0 bridgehead atoms. The molecule has 2 aromatic carbocycles. The van der Waals surface area contributed by atoms with E-state index >= 15 is 0 Å². The van der Waals surface area contributed by atoms with Crippen LogP contribution in [-0.4, -0.2) is 48.3 Å².